The molecule has 0 saturated carbocycles. The summed E-state index contributed by atoms with van der Waals surface area (Å²) in [5.41, 5.74) is 5.02. The number of aromatic nitrogens is 3. The van der Waals surface area contributed by atoms with E-state index in [0.29, 0.717) is 12.5 Å². The summed E-state index contributed by atoms with van der Waals surface area (Å²) < 4.78 is 1.76. The Labute approximate surface area is 153 Å². The number of para-hydroxylation sites is 1. The van der Waals surface area contributed by atoms with Crippen LogP contribution in [-0.4, -0.2) is 32.6 Å². The number of carbonyl (C=O) groups is 1. The zero-order valence-electron chi connectivity index (χ0n) is 15.6. The predicted molar refractivity (Wildman–Crippen MR) is 102 cm³/mol. The molecule has 2 aromatic heterocycles. The number of hydrogen-bond donors (Lipinski definition) is 0. The van der Waals surface area contributed by atoms with Gasteiger partial charge in [-0.2, -0.15) is 5.10 Å². The molecule has 0 spiro atoms. The molecule has 2 heterocycles. The Morgan fingerprint density at radius 3 is 2.92 bits per heavy atom. The lowest BCUT2D eigenvalue weighted by Gasteiger charge is -2.26. The number of hydrogen-bond acceptors (Lipinski definition) is 3. The van der Waals surface area contributed by atoms with Crippen LogP contribution in [0.25, 0.3) is 10.9 Å². The van der Waals surface area contributed by atoms with Crippen LogP contribution in [0.1, 0.15) is 40.5 Å². The standard InChI is InChI=1S/C21H24N4O/c1-14-8-9-19-17(10-14)20(16-6-4-5-7-18(16)23-19)21(26)24(2)12-15-11-22-25(3)13-15/h4-7,11,13-14H,8-10,12H2,1-3H3. The van der Waals surface area contributed by atoms with Gasteiger partial charge in [0.2, 0.25) is 0 Å². The van der Waals surface area contributed by atoms with Crippen molar-refractivity contribution in [3.05, 3.63) is 59.0 Å². The maximum atomic E-state index is 13.4. The average Bonchev–Trinajstić information content (AvgIpc) is 3.04. The summed E-state index contributed by atoms with van der Waals surface area (Å²) in [6.07, 6.45) is 6.78. The second kappa shape index (κ2) is 6.56. The number of pyridine rings is 1. The summed E-state index contributed by atoms with van der Waals surface area (Å²) >= 11 is 0. The fraction of sp³-hybridized carbons (Fsp3) is 0.381. The third kappa shape index (κ3) is 2.98. The normalized spacial score (nSPS) is 16.5. The first-order valence-corrected chi connectivity index (χ1v) is 9.16. The molecule has 1 aliphatic rings. The van der Waals surface area contributed by atoms with E-state index >= 15 is 0 Å². The molecule has 0 fully saturated rings. The molecule has 0 aliphatic heterocycles. The number of carbonyl (C=O) groups excluding carboxylic acids is 1. The number of amides is 1. The predicted octanol–water partition coefficient (Wildman–Crippen LogP) is 3.37. The molecule has 5 nitrogen and oxygen atoms in total. The first kappa shape index (κ1) is 16.8. The van der Waals surface area contributed by atoms with Gasteiger partial charge in [-0.05, 0) is 36.8 Å². The second-order valence-electron chi connectivity index (χ2n) is 7.46. The highest BCUT2D eigenvalue weighted by molar-refractivity contribution is 6.07. The van der Waals surface area contributed by atoms with Gasteiger partial charge in [0.15, 0.2) is 0 Å². The topological polar surface area (TPSA) is 51.0 Å². The van der Waals surface area contributed by atoms with Gasteiger partial charge in [0.1, 0.15) is 0 Å². The largest absolute Gasteiger partial charge is 0.337 e. The summed E-state index contributed by atoms with van der Waals surface area (Å²) in [4.78, 5) is 20.1. The van der Waals surface area contributed by atoms with E-state index in [1.165, 1.54) is 0 Å². The lowest BCUT2D eigenvalue weighted by molar-refractivity contribution is 0.0785. The molecule has 0 bridgehead atoms. The van der Waals surface area contributed by atoms with E-state index in [9.17, 15) is 4.79 Å². The maximum Gasteiger partial charge on any atom is 0.254 e. The Morgan fingerprint density at radius 1 is 1.35 bits per heavy atom. The second-order valence-corrected chi connectivity index (χ2v) is 7.46. The lowest BCUT2D eigenvalue weighted by atomic mass is 9.83. The molecule has 0 N–H and O–H groups in total. The molecule has 134 valence electrons. The molecule has 1 atom stereocenters. The molecule has 0 radical (unpaired) electrons. The fourth-order valence-corrected chi connectivity index (χ4v) is 3.90. The van der Waals surface area contributed by atoms with Gasteiger partial charge in [-0.1, -0.05) is 25.1 Å². The van der Waals surface area contributed by atoms with Crippen molar-refractivity contribution in [2.45, 2.75) is 32.7 Å². The van der Waals surface area contributed by atoms with Crippen LogP contribution in [0.15, 0.2) is 36.7 Å². The fourth-order valence-electron chi connectivity index (χ4n) is 3.90. The van der Waals surface area contributed by atoms with Crippen LogP contribution in [0.4, 0.5) is 0 Å². The Kier molecular flexibility index (Phi) is 4.23. The van der Waals surface area contributed by atoms with Crippen LogP contribution < -0.4 is 0 Å². The van der Waals surface area contributed by atoms with Gasteiger partial charge in [0.25, 0.3) is 5.91 Å². The summed E-state index contributed by atoms with van der Waals surface area (Å²) in [5.74, 6) is 0.651. The number of nitrogens with zero attached hydrogens (tertiary/aromatic N) is 4. The Bertz CT molecular complexity index is 975. The van der Waals surface area contributed by atoms with Crippen molar-refractivity contribution in [2.24, 2.45) is 13.0 Å². The zero-order chi connectivity index (χ0) is 18.3. The van der Waals surface area contributed by atoms with Crippen LogP contribution in [0.2, 0.25) is 0 Å². The van der Waals surface area contributed by atoms with Crippen molar-refractivity contribution in [3.8, 4) is 0 Å². The zero-order valence-corrected chi connectivity index (χ0v) is 15.6. The number of fused-ring (bicyclic) bond motifs is 2. The molecule has 4 rings (SSSR count). The smallest absolute Gasteiger partial charge is 0.254 e. The molecular formula is C21H24N4O. The van der Waals surface area contributed by atoms with Gasteiger partial charge >= 0.3 is 0 Å². The van der Waals surface area contributed by atoms with E-state index in [-0.39, 0.29) is 5.91 Å². The summed E-state index contributed by atoms with van der Waals surface area (Å²) in [6.45, 7) is 2.80. The third-order valence-electron chi connectivity index (χ3n) is 5.24. The highest BCUT2D eigenvalue weighted by Gasteiger charge is 2.26. The van der Waals surface area contributed by atoms with Gasteiger partial charge in [0, 0.05) is 43.5 Å². The Morgan fingerprint density at radius 2 is 2.15 bits per heavy atom. The summed E-state index contributed by atoms with van der Waals surface area (Å²) in [7, 11) is 3.75. The van der Waals surface area contributed by atoms with Gasteiger partial charge < -0.3 is 4.90 Å². The van der Waals surface area contributed by atoms with Crippen LogP contribution in [0.5, 0.6) is 0 Å². The van der Waals surface area contributed by atoms with Crippen molar-refractivity contribution in [2.75, 3.05) is 7.05 Å². The van der Waals surface area contributed by atoms with E-state index in [1.807, 2.05) is 50.8 Å². The first-order valence-electron chi connectivity index (χ1n) is 9.16. The third-order valence-corrected chi connectivity index (χ3v) is 5.24. The molecule has 1 aliphatic carbocycles. The Hall–Kier alpha value is -2.69. The minimum absolute atomic E-state index is 0.0674. The van der Waals surface area contributed by atoms with Gasteiger partial charge in [-0.15, -0.1) is 0 Å². The quantitative estimate of drug-likeness (QED) is 0.729. The lowest BCUT2D eigenvalue weighted by Crippen LogP contribution is -2.29. The van der Waals surface area contributed by atoms with Crippen molar-refractivity contribution >= 4 is 16.8 Å². The first-order chi connectivity index (χ1) is 12.5. The Balaban J connectivity index is 1.78. The molecule has 1 unspecified atom stereocenters. The van der Waals surface area contributed by atoms with E-state index in [1.54, 1.807) is 9.58 Å². The van der Waals surface area contributed by atoms with Crippen LogP contribution in [0.3, 0.4) is 0 Å². The van der Waals surface area contributed by atoms with E-state index in [4.69, 9.17) is 4.98 Å². The van der Waals surface area contributed by atoms with E-state index in [2.05, 4.69) is 12.0 Å². The molecule has 1 amide bonds. The highest BCUT2D eigenvalue weighted by atomic mass is 16.2. The summed E-state index contributed by atoms with van der Waals surface area (Å²) in [5, 5.41) is 5.16. The SMILES string of the molecule is CC1CCc2nc3ccccc3c(C(=O)N(C)Cc3cnn(C)c3)c2C1. The maximum absolute atomic E-state index is 13.4. The average molecular weight is 348 g/mol. The van der Waals surface area contributed by atoms with Crippen molar-refractivity contribution in [3.63, 3.8) is 0 Å². The highest BCUT2D eigenvalue weighted by Crippen LogP contribution is 2.32. The van der Waals surface area contributed by atoms with Crippen molar-refractivity contribution in [1.82, 2.24) is 19.7 Å². The van der Waals surface area contributed by atoms with Crippen molar-refractivity contribution in [1.29, 1.82) is 0 Å². The van der Waals surface area contributed by atoms with Gasteiger partial charge in [-0.25, -0.2) is 0 Å². The molecule has 1 aromatic carbocycles. The van der Waals surface area contributed by atoms with Crippen LogP contribution >= 0.6 is 0 Å². The molecule has 3 aromatic rings. The van der Waals surface area contributed by atoms with Gasteiger partial charge in [0.05, 0.1) is 17.3 Å². The monoisotopic (exact) mass is 348 g/mol. The van der Waals surface area contributed by atoms with Gasteiger partial charge in [-0.3, -0.25) is 14.5 Å². The number of benzene rings is 1. The summed E-state index contributed by atoms with van der Waals surface area (Å²) in [6, 6.07) is 8.00. The van der Waals surface area contributed by atoms with E-state index in [0.717, 1.165) is 52.5 Å². The van der Waals surface area contributed by atoms with E-state index < -0.39 is 0 Å². The molecule has 5 heteroatoms. The molecule has 0 saturated heterocycles. The van der Waals surface area contributed by atoms with Crippen LogP contribution in [-0.2, 0) is 26.4 Å². The molecule has 26 heavy (non-hydrogen) atoms. The minimum atomic E-state index is 0.0674. The van der Waals surface area contributed by atoms with Crippen LogP contribution in [0, 0.1) is 5.92 Å². The number of rotatable bonds is 3. The minimum Gasteiger partial charge on any atom is -0.337 e. The van der Waals surface area contributed by atoms with Crippen molar-refractivity contribution < 1.29 is 4.79 Å². The molecular weight excluding hydrogens is 324 g/mol. The number of aryl methyl sites for hydroxylation is 2.